The average molecular weight is 402 g/mol. The summed E-state index contributed by atoms with van der Waals surface area (Å²) < 4.78 is 0.974. The quantitative estimate of drug-likeness (QED) is 0.761. The molecule has 1 aromatic carbocycles. The van der Waals surface area contributed by atoms with Gasteiger partial charge < -0.3 is 10.6 Å². The molecule has 0 bridgehead atoms. The molecule has 20 heavy (non-hydrogen) atoms. The Labute approximate surface area is 136 Å². The van der Waals surface area contributed by atoms with E-state index in [1.165, 1.54) is 6.20 Å². The first kappa shape index (κ1) is 15.1. The number of anilines is 2. The molecule has 0 saturated heterocycles. The van der Waals surface area contributed by atoms with Gasteiger partial charge in [-0.05, 0) is 47.7 Å². The van der Waals surface area contributed by atoms with Crippen LogP contribution >= 0.6 is 34.2 Å². The van der Waals surface area contributed by atoms with Crippen LogP contribution in [0, 0.1) is 3.57 Å². The van der Waals surface area contributed by atoms with Crippen LogP contribution in [0.15, 0.2) is 36.5 Å². The Morgan fingerprint density at radius 2 is 2.15 bits per heavy atom. The van der Waals surface area contributed by atoms with Crippen molar-refractivity contribution in [2.24, 2.45) is 0 Å². The third-order valence-corrected chi connectivity index (χ3v) is 3.80. The lowest BCUT2D eigenvalue weighted by Crippen LogP contribution is -2.13. The molecule has 1 heterocycles. The van der Waals surface area contributed by atoms with Crippen molar-refractivity contribution >= 4 is 51.6 Å². The van der Waals surface area contributed by atoms with E-state index in [4.69, 9.17) is 11.6 Å². The van der Waals surface area contributed by atoms with Crippen LogP contribution in [-0.4, -0.2) is 17.4 Å². The van der Waals surface area contributed by atoms with Gasteiger partial charge in [-0.15, -0.1) is 0 Å². The van der Waals surface area contributed by atoms with Crippen LogP contribution in [0.5, 0.6) is 0 Å². The molecule has 0 fully saturated rings. The summed E-state index contributed by atoms with van der Waals surface area (Å²) in [7, 11) is 0. The Balaban J connectivity index is 2.18. The summed E-state index contributed by atoms with van der Waals surface area (Å²) in [6, 6.07) is 9.17. The summed E-state index contributed by atoms with van der Waals surface area (Å²) >= 11 is 8.25. The third kappa shape index (κ3) is 3.61. The van der Waals surface area contributed by atoms with Crippen molar-refractivity contribution < 1.29 is 4.79 Å². The monoisotopic (exact) mass is 401 g/mol. The number of hydrogen-bond acceptors (Lipinski definition) is 3. The molecule has 0 aliphatic heterocycles. The first-order chi connectivity index (χ1) is 9.61. The Hall–Kier alpha value is -1.34. The molecule has 0 spiro atoms. The molecular formula is C14H13ClIN3O. The van der Waals surface area contributed by atoms with Crippen molar-refractivity contribution in [2.75, 3.05) is 17.2 Å². The molecule has 0 aliphatic rings. The molecule has 0 aliphatic carbocycles. The smallest absolute Gasteiger partial charge is 0.257 e. The van der Waals surface area contributed by atoms with E-state index in [1.807, 2.05) is 31.2 Å². The van der Waals surface area contributed by atoms with E-state index in [2.05, 4.69) is 38.2 Å². The first-order valence-corrected chi connectivity index (χ1v) is 7.52. The number of aromatic nitrogens is 1. The minimum absolute atomic E-state index is 0.230. The third-order valence-electron chi connectivity index (χ3n) is 2.57. The Kier molecular flexibility index (Phi) is 5.19. The largest absolute Gasteiger partial charge is 0.369 e. The maximum Gasteiger partial charge on any atom is 0.257 e. The van der Waals surface area contributed by atoms with Gasteiger partial charge in [0, 0.05) is 16.3 Å². The molecule has 0 atom stereocenters. The molecule has 0 saturated carbocycles. The number of benzene rings is 1. The Morgan fingerprint density at radius 3 is 2.80 bits per heavy atom. The fourth-order valence-electron chi connectivity index (χ4n) is 1.62. The van der Waals surface area contributed by atoms with Crippen molar-refractivity contribution in [2.45, 2.75) is 6.92 Å². The number of rotatable bonds is 4. The predicted octanol–water partition coefficient (Wildman–Crippen LogP) is 4.02. The molecular weight excluding hydrogens is 389 g/mol. The van der Waals surface area contributed by atoms with Crippen LogP contribution in [0.3, 0.4) is 0 Å². The molecule has 6 heteroatoms. The highest BCUT2D eigenvalue weighted by Crippen LogP contribution is 2.22. The van der Waals surface area contributed by atoms with Crippen molar-refractivity contribution in [3.8, 4) is 0 Å². The lowest BCUT2D eigenvalue weighted by molar-refractivity contribution is 0.102. The zero-order valence-corrected chi connectivity index (χ0v) is 13.7. The number of nitrogens with one attached hydrogen (secondary N) is 2. The maximum atomic E-state index is 12.2. The number of para-hydroxylation sites is 1. The molecule has 104 valence electrons. The van der Waals surface area contributed by atoms with E-state index in [1.54, 1.807) is 6.07 Å². The van der Waals surface area contributed by atoms with E-state index in [0.717, 1.165) is 15.8 Å². The summed E-state index contributed by atoms with van der Waals surface area (Å²) in [5, 5.41) is 6.30. The highest BCUT2D eigenvalue weighted by atomic mass is 127. The van der Waals surface area contributed by atoms with Crippen LogP contribution in [0.1, 0.15) is 17.3 Å². The zero-order valence-electron chi connectivity index (χ0n) is 10.8. The fraction of sp³-hybridized carbons (Fsp3) is 0.143. The molecule has 0 unspecified atom stereocenters. The minimum atomic E-state index is -0.230. The Bertz CT molecular complexity index is 634. The first-order valence-electron chi connectivity index (χ1n) is 6.07. The predicted molar refractivity (Wildman–Crippen MR) is 90.5 cm³/mol. The van der Waals surface area contributed by atoms with Crippen molar-refractivity contribution in [3.63, 3.8) is 0 Å². The average Bonchev–Trinajstić information content (AvgIpc) is 2.43. The van der Waals surface area contributed by atoms with Crippen molar-refractivity contribution in [3.05, 3.63) is 50.7 Å². The number of nitrogens with zero attached hydrogens (tertiary/aromatic N) is 1. The van der Waals surface area contributed by atoms with Gasteiger partial charge in [0.2, 0.25) is 0 Å². The number of carbonyl (C=O) groups excluding carboxylic acids is 1. The van der Waals surface area contributed by atoms with Gasteiger partial charge in [0.05, 0.1) is 16.3 Å². The van der Waals surface area contributed by atoms with Gasteiger partial charge in [-0.25, -0.2) is 4.98 Å². The number of carbonyl (C=O) groups is 1. The van der Waals surface area contributed by atoms with Crippen LogP contribution in [0.2, 0.25) is 5.02 Å². The van der Waals surface area contributed by atoms with Gasteiger partial charge in [-0.1, -0.05) is 23.7 Å². The molecule has 1 aromatic heterocycles. The summed E-state index contributed by atoms with van der Waals surface area (Å²) in [4.78, 5) is 16.3. The van der Waals surface area contributed by atoms with Crippen molar-refractivity contribution in [1.29, 1.82) is 0 Å². The highest BCUT2D eigenvalue weighted by Gasteiger charge is 2.11. The number of hydrogen-bond donors (Lipinski definition) is 2. The van der Waals surface area contributed by atoms with Crippen LogP contribution in [0.25, 0.3) is 0 Å². The van der Waals surface area contributed by atoms with Gasteiger partial charge in [-0.2, -0.15) is 0 Å². The van der Waals surface area contributed by atoms with Gasteiger partial charge in [-0.3, -0.25) is 4.79 Å². The molecule has 2 rings (SSSR count). The van der Waals surface area contributed by atoms with Crippen molar-refractivity contribution in [1.82, 2.24) is 4.98 Å². The normalized spacial score (nSPS) is 10.2. The SMILES string of the molecule is CCNc1ncc(C(=O)Nc2ccccc2I)cc1Cl. The van der Waals surface area contributed by atoms with Crippen LogP contribution < -0.4 is 10.6 Å². The summed E-state index contributed by atoms with van der Waals surface area (Å²) in [6.07, 6.45) is 1.51. The topological polar surface area (TPSA) is 54.0 Å². The molecule has 4 nitrogen and oxygen atoms in total. The molecule has 1 amide bonds. The van der Waals surface area contributed by atoms with Crippen LogP contribution in [-0.2, 0) is 0 Å². The van der Waals surface area contributed by atoms with Gasteiger partial charge >= 0.3 is 0 Å². The second-order valence-electron chi connectivity index (χ2n) is 4.02. The second-order valence-corrected chi connectivity index (χ2v) is 5.59. The minimum Gasteiger partial charge on any atom is -0.369 e. The van der Waals surface area contributed by atoms with E-state index in [0.29, 0.717) is 16.4 Å². The van der Waals surface area contributed by atoms with Gasteiger partial charge in [0.1, 0.15) is 5.82 Å². The standard InChI is InChI=1S/C14H13ClIN3O/c1-2-17-13-10(15)7-9(8-18-13)14(20)19-12-6-4-3-5-11(12)16/h3-8H,2H2,1H3,(H,17,18)(H,19,20). The number of halogens is 2. The second kappa shape index (κ2) is 6.90. The lowest BCUT2D eigenvalue weighted by atomic mass is 10.2. The zero-order chi connectivity index (χ0) is 14.5. The van der Waals surface area contributed by atoms with E-state index < -0.39 is 0 Å². The Morgan fingerprint density at radius 1 is 1.40 bits per heavy atom. The lowest BCUT2D eigenvalue weighted by Gasteiger charge is -2.09. The molecule has 2 aromatic rings. The van der Waals surface area contributed by atoms with Crippen LogP contribution in [0.4, 0.5) is 11.5 Å². The molecule has 2 N–H and O–H groups in total. The molecule has 0 radical (unpaired) electrons. The number of pyridine rings is 1. The fourth-order valence-corrected chi connectivity index (χ4v) is 2.37. The van der Waals surface area contributed by atoms with E-state index >= 15 is 0 Å². The van der Waals surface area contributed by atoms with Gasteiger partial charge in [0.15, 0.2) is 0 Å². The highest BCUT2D eigenvalue weighted by molar-refractivity contribution is 14.1. The van der Waals surface area contributed by atoms with E-state index in [-0.39, 0.29) is 5.91 Å². The maximum absolute atomic E-state index is 12.2. The van der Waals surface area contributed by atoms with E-state index in [9.17, 15) is 4.79 Å². The summed E-state index contributed by atoms with van der Waals surface area (Å²) in [5.41, 5.74) is 1.20. The van der Waals surface area contributed by atoms with Gasteiger partial charge in [0.25, 0.3) is 5.91 Å². The summed E-state index contributed by atoms with van der Waals surface area (Å²) in [5.74, 6) is 0.353. The summed E-state index contributed by atoms with van der Waals surface area (Å²) in [6.45, 7) is 2.68. The number of amides is 1.